The van der Waals surface area contributed by atoms with Crippen LogP contribution in [0.15, 0.2) is 18.2 Å². The quantitative estimate of drug-likeness (QED) is 0.658. The maximum absolute atomic E-state index is 13.6. The Kier molecular flexibility index (Phi) is 3.39. The van der Waals surface area contributed by atoms with Gasteiger partial charge in [0.15, 0.2) is 0 Å². The summed E-state index contributed by atoms with van der Waals surface area (Å²) in [6.07, 6.45) is -0.973. The van der Waals surface area contributed by atoms with Gasteiger partial charge in [0.05, 0.1) is 11.7 Å². The average Bonchev–Trinajstić information content (AvgIpc) is 2.70. The number of amides is 1. The van der Waals surface area contributed by atoms with Crippen molar-refractivity contribution in [1.29, 1.82) is 0 Å². The summed E-state index contributed by atoms with van der Waals surface area (Å²) in [7, 11) is 0. The fraction of sp³-hybridized carbons (Fsp3) is 0.333. The Labute approximate surface area is 108 Å². The van der Waals surface area contributed by atoms with Gasteiger partial charge in [0, 0.05) is 18.7 Å². The van der Waals surface area contributed by atoms with E-state index in [1.807, 2.05) is 0 Å². The first kappa shape index (κ1) is 13.3. The van der Waals surface area contributed by atoms with Crippen LogP contribution in [0.4, 0.5) is 10.1 Å². The molecule has 0 spiro atoms. The minimum absolute atomic E-state index is 0.0579. The van der Waals surface area contributed by atoms with Crippen molar-refractivity contribution in [3.8, 4) is 0 Å². The van der Waals surface area contributed by atoms with Crippen LogP contribution >= 0.6 is 0 Å². The number of carbonyl (C=O) groups excluding carboxylic acids is 1. The predicted octanol–water partition coefficient (Wildman–Crippen LogP) is 0.0679. The van der Waals surface area contributed by atoms with E-state index in [-0.39, 0.29) is 24.2 Å². The maximum atomic E-state index is 13.6. The number of aliphatic hydroxyl groups is 1. The Morgan fingerprint density at radius 2 is 2.11 bits per heavy atom. The molecule has 0 unspecified atom stereocenters. The molecule has 1 aromatic rings. The Morgan fingerprint density at radius 3 is 2.68 bits per heavy atom. The van der Waals surface area contributed by atoms with E-state index in [2.05, 4.69) is 0 Å². The number of likely N-dealkylation sites (tertiary alicyclic amines) is 1. The number of carbonyl (C=O) groups is 2. The standard InChI is InChI=1S/C12H13FN2O4/c13-9-3-6(14)1-2-8(9)11(17)15-5-7(16)4-10(15)12(18)19/h1-3,7,10,16H,4-5,14H2,(H,18,19)/t7-,10-/m1/s1. The van der Waals surface area contributed by atoms with Crippen LogP contribution in [0.3, 0.4) is 0 Å². The number of hydrogen-bond acceptors (Lipinski definition) is 4. The molecule has 1 heterocycles. The van der Waals surface area contributed by atoms with E-state index in [0.29, 0.717) is 0 Å². The van der Waals surface area contributed by atoms with E-state index < -0.39 is 29.8 Å². The number of nitrogens with two attached hydrogens (primary N) is 1. The summed E-state index contributed by atoms with van der Waals surface area (Å²) in [5.41, 5.74) is 5.30. The molecule has 0 saturated carbocycles. The fourth-order valence-corrected chi connectivity index (χ4v) is 2.13. The summed E-state index contributed by atoms with van der Waals surface area (Å²) in [5, 5.41) is 18.4. The highest BCUT2D eigenvalue weighted by Crippen LogP contribution is 2.22. The zero-order valence-corrected chi connectivity index (χ0v) is 9.91. The summed E-state index contributed by atoms with van der Waals surface area (Å²) >= 11 is 0. The number of carboxylic acid groups (broad SMARTS) is 1. The van der Waals surface area contributed by atoms with Gasteiger partial charge >= 0.3 is 5.97 Å². The summed E-state index contributed by atoms with van der Waals surface area (Å²) in [5.74, 6) is -2.79. The first-order valence-corrected chi connectivity index (χ1v) is 5.67. The van der Waals surface area contributed by atoms with Crippen LogP contribution in [0.2, 0.25) is 0 Å². The minimum atomic E-state index is -1.22. The third-order valence-corrected chi connectivity index (χ3v) is 3.05. The van der Waals surface area contributed by atoms with E-state index in [1.54, 1.807) is 0 Å². The molecule has 1 saturated heterocycles. The van der Waals surface area contributed by atoms with E-state index in [0.717, 1.165) is 11.0 Å². The van der Waals surface area contributed by atoms with Gasteiger partial charge in [0.2, 0.25) is 0 Å². The third kappa shape index (κ3) is 2.50. The van der Waals surface area contributed by atoms with Crippen molar-refractivity contribution in [2.45, 2.75) is 18.6 Å². The first-order valence-electron chi connectivity index (χ1n) is 5.67. The number of rotatable bonds is 2. The van der Waals surface area contributed by atoms with Gasteiger partial charge in [0.1, 0.15) is 11.9 Å². The Hall–Kier alpha value is -2.15. The molecule has 0 radical (unpaired) electrons. The number of benzene rings is 1. The molecule has 1 amide bonds. The molecule has 0 aliphatic carbocycles. The topological polar surface area (TPSA) is 104 Å². The summed E-state index contributed by atoms with van der Waals surface area (Å²) < 4.78 is 13.6. The van der Waals surface area contributed by atoms with Crippen LogP contribution in [-0.4, -0.2) is 45.7 Å². The lowest BCUT2D eigenvalue weighted by Crippen LogP contribution is -2.40. The van der Waals surface area contributed by atoms with Gasteiger partial charge < -0.3 is 20.8 Å². The predicted molar refractivity (Wildman–Crippen MR) is 63.9 cm³/mol. The van der Waals surface area contributed by atoms with E-state index in [1.165, 1.54) is 12.1 Å². The molecule has 1 aromatic carbocycles. The van der Waals surface area contributed by atoms with Gasteiger partial charge in [-0.1, -0.05) is 0 Å². The van der Waals surface area contributed by atoms with Crippen molar-refractivity contribution in [2.75, 3.05) is 12.3 Å². The smallest absolute Gasteiger partial charge is 0.326 e. The highest BCUT2D eigenvalue weighted by atomic mass is 19.1. The van der Waals surface area contributed by atoms with Crippen LogP contribution in [0.1, 0.15) is 16.8 Å². The summed E-state index contributed by atoms with van der Waals surface area (Å²) in [6.45, 7) is -0.125. The highest BCUT2D eigenvalue weighted by molar-refractivity contribution is 5.97. The first-order chi connectivity index (χ1) is 8.90. The van der Waals surface area contributed by atoms with Crippen molar-refractivity contribution in [2.24, 2.45) is 0 Å². The molecule has 19 heavy (non-hydrogen) atoms. The van der Waals surface area contributed by atoms with Crippen LogP contribution in [-0.2, 0) is 4.79 Å². The highest BCUT2D eigenvalue weighted by Gasteiger charge is 2.39. The van der Waals surface area contributed by atoms with Crippen LogP contribution in [0.5, 0.6) is 0 Å². The molecule has 0 bridgehead atoms. The van der Waals surface area contributed by atoms with Gasteiger partial charge in [-0.05, 0) is 18.2 Å². The molecular weight excluding hydrogens is 255 g/mol. The molecule has 0 aromatic heterocycles. The molecular formula is C12H13FN2O4. The van der Waals surface area contributed by atoms with Crippen molar-refractivity contribution in [3.05, 3.63) is 29.6 Å². The van der Waals surface area contributed by atoms with E-state index in [9.17, 15) is 19.1 Å². The average molecular weight is 268 g/mol. The Balaban J connectivity index is 2.30. The molecule has 1 fully saturated rings. The molecule has 7 heteroatoms. The molecule has 1 aliphatic rings. The fourth-order valence-electron chi connectivity index (χ4n) is 2.13. The normalized spacial score (nSPS) is 22.5. The van der Waals surface area contributed by atoms with Crippen LogP contribution in [0.25, 0.3) is 0 Å². The zero-order valence-electron chi connectivity index (χ0n) is 9.91. The number of aliphatic hydroxyl groups excluding tert-OH is 1. The summed E-state index contributed by atoms with van der Waals surface area (Å²) in [6, 6.07) is 2.42. The zero-order chi connectivity index (χ0) is 14.2. The lowest BCUT2D eigenvalue weighted by atomic mass is 10.1. The number of anilines is 1. The number of nitrogen functional groups attached to an aromatic ring is 1. The largest absolute Gasteiger partial charge is 0.480 e. The number of aliphatic carboxylic acids is 1. The molecule has 102 valence electrons. The third-order valence-electron chi connectivity index (χ3n) is 3.05. The minimum Gasteiger partial charge on any atom is -0.480 e. The second kappa shape index (κ2) is 4.85. The van der Waals surface area contributed by atoms with Gasteiger partial charge in [-0.2, -0.15) is 0 Å². The number of β-amino-alcohol motifs (C(OH)–C–C–N with tert-alkyl or cyclic N) is 1. The maximum Gasteiger partial charge on any atom is 0.326 e. The van der Waals surface area contributed by atoms with Gasteiger partial charge in [-0.15, -0.1) is 0 Å². The molecule has 2 atom stereocenters. The second-order valence-corrected chi connectivity index (χ2v) is 4.44. The van der Waals surface area contributed by atoms with Crippen LogP contribution < -0.4 is 5.73 Å². The van der Waals surface area contributed by atoms with Gasteiger partial charge in [0.25, 0.3) is 5.91 Å². The number of carboxylic acids is 1. The van der Waals surface area contributed by atoms with E-state index >= 15 is 0 Å². The SMILES string of the molecule is Nc1ccc(C(=O)N2C[C@H](O)C[C@@H]2C(=O)O)c(F)c1. The van der Waals surface area contributed by atoms with E-state index in [4.69, 9.17) is 10.8 Å². The number of nitrogens with zero attached hydrogens (tertiary/aromatic N) is 1. The Bertz CT molecular complexity index is 534. The lowest BCUT2D eigenvalue weighted by molar-refractivity contribution is -0.141. The van der Waals surface area contributed by atoms with Crippen molar-refractivity contribution in [3.63, 3.8) is 0 Å². The lowest BCUT2D eigenvalue weighted by Gasteiger charge is -2.21. The van der Waals surface area contributed by atoms with Crippen molar-refractivity contribution < 1.29 is 24.2 Å². The molecule has 4 N–H and O–H groups in total. The van der Waals surface area contributed by atoms with Gasteiger partial charge in [-0.25, -0.2) is 9.18 Å². The monoisotopic (exact) mass is 268 g/mol. The molecule has 1 aliphatic heterocycles. The van der Waals surface area contributed by atoms with Gasteiger partial charge in [-0.3, -0.25) is 4.79 Å². The number of hydrogen-bond donors (Lipinski definition) is 3. The Morgan fingerprint density at radius 1 is 1.42 bits per heavy atom. The van der Waals surface area contributed by atoms with Crippen molar-refractivity contribution >= 4 is 17.6 Å². The van der Waals surface area contributed by atoms with Crippen molar-refractivity contribution in [1.82, 2.24) is 4.90 Å². The molecule has 2 rings (SSSR count). The number of halogens is 1. The second-order valence-electron chi connectivity index (χ2n) is 4.44. The summed E-state index contributed by atoms with van der Waals surface area (Å²) in [4.78, 5) is 24.1. The molecule has 6 nitrogen and oxygen atoms in total. The van der Waals surface area contributed by atoms with Crippen LogP contribution in [0, 0.1) is 5.82 Å².